The molecule has 2 aromatic heterocycles. The first-order chi connectivity index (χ1) is 22.0. The number of aromatic nitrogens is 3. The fourth-order valence-electron chi connectivity index (χ4n) is 5.92. The van der Waals surface area contributed by atoms with Crippen LogP contribution in [0.25, 0.3) is 45.1 Å². The molecule has 46 heavy (non-hydrogen) atoms. The molecule has 0 atom stereocenters. The molecule has 0 aliphatic rings. The van der Waals surface area contributed by atoms with E-state index in [1.54, 1.807) is 6.20 Å². The molecule has 4 nitrogen and oxygen atoms in total. The zero-order chi connectivity index (χ0) is 30.8. The molecule has 0 N–H and O–H groups in total. The van der Waals surface area contributed by atoms with Crippen LogP contribution in [-0.2, 0) is 21.1 Å². The second-order valence-corrected chi connectivity index (χ2v) is 11.1. The minimum Gasteiger partial charge on any atom is -0.503 e. The standard InChI is InChI=1S/C41H31N3O.Pt/c1-29-24-30(2)39(31(3)25-29)44-28-43(40(32-14-6-4-7-15-32)41(44)33-16-8-5-9-17-33)35-19-13-21-37(27-35)45-36-20-12-18-34(26-36)38-22-10-11-23-42-38;/h4-25H,1-3H3;/q-2;. The summed E-state index contributed by atoms with van der Waals surface area (Å²) in [4.78, 5) is 4.46. The Morgan fingerprint density at radius 1 is 0.652 bits per heavy atom. The van der Waals surface area contributed by atoms with Gasteiger partial charge in [-0.15, -0.1) is 35.9 Å². The first-order valence-electron chi connectivity index (χ1n) is 15.0. The van der Waals surface area contributed by atoms with E-state index in [2.05, 4.69) is 114 Å². The molecule has 228 valence electrons. The van der Waals surface area contributed by atoms with E-state index < -0.39 is 0 Å². The van der Waals surface area contributed by atoms with Crippen molar-refractivity contribution >= 4 is 0 Å². The van der Waals surface area contributed by atoms with Crippen molar-refractivity contribution in [2.24, 2.45) is 0 Å². The Labute approximate surface area is 284 Å². The van der Waals surface area contributed by atoms with Gasteiger partial charge in [0.25, 0.3) is 6.33 Å². The number of benzene rings is 5. The molecular formula is C41H31N3OPt-2. The summed E-state index contributed by atoms with van der Waals surface area (Å²) in [5.41, 5.74) is 11.5. The largest absolute Gasteiger partial charge is 0.503 e. The average Bonchev–Trinajstić information content (AvgIpc) is 3.46. The van der Waals surface area contributed by atoms with Crippen LogP contribution in [0, 0.1) is 39.2 Å². The quantitative estimate of drug-likeness (QED) is 0.120. The van der Waals surface area contributed by atoms with Crippen LogP contribution in [0.3, 0.4) is 0 Å². The van der Waals surface area contributed by atoms with E-state index in [0.29, 0.717) is 11.5 Å². The molecule has 0 radical (unpaired) electrons. The molecule has 5 heteroatoms. The van der Waals surface area contributed by atoms with Gasteiger partial charge in [0.15, 0.2) is 0 Å². The molecule has 5 aromatic carbocycles. The van der Waals surface area contributed by atoms with Crippen molar-refractivity contribution in [1.82, 2.24) is 9.55 Å². The number of imidazole rings is 1. The maximum atomic E-state index is 6.33. The Hall–Kier alpha value is -5.05. The van der Waals surface area contributed by atoms with Crippen molar-refractivity contribution in [2.75, 3.05) is 0 Å². The number of nitrogens with zero attached hydrogens (tertiary/aromatic N) is 3. The number of ether oxygens (including phenoxy) is 1. The average molecular weight is 777 g/mol. The van der Waals surface area contributed by atoms with Gasteiger partial charge in [-0.2, -0.15) is 12.1 Å². The number of aryl methyl sites for hydroxylation is 3. The summed E-state index contributed by atoms with van der Waals surface area (Å²) < 4.78 is 10.6. The molecule has 0 aliphatic heterocycles. The second-order valence-electron chi connectivity index (χ2n) is 11.1. The van der Waals surface area contributed by atoms with Crippen molar-refractivity contribution < 1.29 is 30.4 Å². The van der Waals surface area contributed by atoms with Gasteiger partial charge in [-0.3, -0.25) is 4.57 Å². The summed E-state index contributed by atoms with van der Waals surface area (Å²) in [5, 5.41) is 0. The fraction of sp³-hybridized carbons (Fsp3) is 0.0732. The minimum atomic E-state index is 0. The summed E-state index contributed by atoms with van der Waals surface area (Å²) in [6.45, 7) is 6.47. The first kappa shape index (κ1) is 31.0. The number of hydrogen-bond donors (Lipinski definition) is 0. The molecule has 2 heterocycles. The smallest absolute Gasteiger partial charge is 0.268 e. The van der Waals surface area contributed by atoms with Gasteiger partial charge in [-0.05, 0) is 60.5 Å². The molecule has 0 spiro atoms. The van der Waals surface area contributed by atoms with E-state index in [9.17, 15) is 0 Å². The molecule has 7 rings (SSSR count). The summed E-state index contributed by atoms with van der Waals surface area (Å²) >= 11 is 0. The Morgan fingerprint density at radius 3 is 1.96 bits per heavy atom. The summed E-state index contributed by atoms with van der Waals surface area (Å²) in [6.07, 6.45) is 5.51. The maximum absolute atomic E-state index is 6.33. The van der Waals surface area contributed by atoms with E-state index in [-0.39, 0.29) is 21.1 Å². The fourth-order valence-corrected chi connectivity index (χ4v) is 5.92. The van der Waals surface area contributed by atoms with Crippen LogP contribution in [0.2, 0.25) is 0 Å². The molecule has 0 saturated carbocycles. The van der Waals surface area contributed by atoms with Crippen LogP contribution in [0.4, 0.5) is 0 Å². The molecule has 0 fully saturated rings. The number of pyridine rings is 1. The van der Waals surface area contributed by atoms with E-state index in [0.717, 1.165) is 45.1 Å². The van der Waals surface area contributed by atoms with Crippen molar-refractivity contribution in [2.45, 2.75) is 20.8 Å². The van der Waals surface area contributed by atoms with Gasteiger partial charge in [-0.1, -0.05) is 96.6 Å². The predicted octanol–water partition coefficient (Wildman–Crippen LogP) is 9.27. The van der Waals surface area contributed by atoms with Crippen LogP contribution in [0.5, 0.6) is 11.5 Å². The summed E-state index contributed by atoms with van der Waals surface area (Å²) in [7, 11) is 0. The molecule has 0 saturated heterocycles. The third-order valence-corrected chi connectivity index (χ3v) is 7.75. The Balaban J connectivity index is 0.00000372. The molecule has 0 aliphatic carbocycles. The molecule has 0 unspecified atom stereocenters. The van der Waals surface area contributed by atoms with Crippen molar-refractivity contribution in [1.29, 1.82) is 0 Å². The van der Waals surface area contributed by atoms with Gasteiger partial charge in [0.2, 0.25) is 0 Å². The monoisotopic (exact) mass is 776 g/mol. The van der Waals surface area contributed by atoms with Crippen LogP contribution in [0.1, 0.15) is 16.7 Å². The zero-order valence-corrected chi connectivity index (χ0v) is 28.0. The van der Waals surface area contributed by atoms with Gasteiger partial charge in [0.05, 0.1) is 17.1 Å². The van der Waals surface area contributed by atoms with E-state index in [1.165, 1.54) is 16.7 Å². The topological polar surface area (TPSA) is 30.9 Å². The molecule has 0 amide bonds. The van der Waals surface area contributed by atoms with Crippen LogP contribution in [-0.4, -0.2) is 9.55 Å². The zero-order valence-electron chi connectivity index (χ0n) is 25.8. The van der Waals surface area contributed by atoms with Gasteiger partial charge in [-0.25, -0.2) is 0 Å². The Morgan fingerprint density at radius 2 is 1.28 bits per heavy atom. The third kappa shape index (κ3) is 6.22. The molecular weight excluding hydrogens is 746 g/mol. The van der Waals surface area contributed by atoms with Crippen LogP contribution in [0.15, 0.2) is 134 Å². The van der Waals surface area contributed by atoms with Crippen molar-refractivity contribution in [3.63, 3.8) is 0 Å². The predicted molar refractivity (Wildman–Crippen MR) is 179 cm³/mol. The van der Waals surface area contributed by atoms with Gasteiger partial charge in [0.1, 0.15) is 0 Å². The molecule has 0 bridgehead atoms. The minimum absolute atomic E-state index is 0. The van der Waals surface area contributed by atoms with Crippen molar-refractivity contribution in [3.8, 4) is 56.6 Å². The van der Waals surface area contributed by atoms with Gasteiger partial charge in [0, 0.05) is 38.8 Å². The van der Waals surface area contributed by atoms with Crippen LogP contribution >= 0.6 is 0 Å². The Bertz CT molecular complexity index is 2080. The second kappa shape index (κ2) is 13.5. The normalized spacial score (nSPS) is 10.8. The van der Waals surface area contributed by atoms with Gasteiger partial charge >= 0.3 is 0 Å². The van der Waals surface area contributed by atoms with Crippen LogP contribution < -0.4 is 9.30 Å². The molecule has 7 aromatic rings. The maximum Gasteiger partial charge on any atom is 0.268 e. The SMILES string of the molecule is Cc1cc(C)c(-[n+]2[c-]n(-c3[c-]c(Oc4[c-]c(-c5ccccn5)ccc4)ccc3)c(-c3ccccc3)c2-c2ccccc2)c(C)c1.[Pt]. The third-order valence-electron chi connectivity index (χ3n) is 7.75. The summed E-state index contributed by atoms with van der Waals surface area (Å²) in [6, 6.07) is 49.9. The summed E-state index contributed by atoms with van der Waals surface area (Å²) in [5.74, 6) is 1.18. The van der Waals surface area contributed by atoms with E-state index in [4.69, 9.17) is 4.74 Å². The van der Waals surface area contributed by atoms with Gasteiger partial charge < -0.3 is 14.3 Å². The Kier molecular flexibility index (Phi) is 9.10. The number of rotatable bonds is 7. The first-order valence-corrected chi connectivity index (χ1v) is 15.0. The van der Waals surface area contributed by atoms with Crippen molar-refractivity contribution in [3.05, 3.63) is 169 Å². The van der Waals surface area contributed by atoms with E-state index in [1.807, 2.05) is 66.7 Å². The van der Waals surface area contributed by atoms with E-state index >= 15 is 0 Å². The number of hydrogen-bond acceptors (Lipinski definition) is 2.